The van der Waals surface area contributed by atoms with Crippen molar-refractivity contribution in [2.24, 2.45) is 17.8 Å². The number of fused-ring (bicyclic) bond motifs is 4. The van der Waals surface area contributed by atoms with Crippen molar-refractivity contribution < 1.29 is 41.9 Å². The fourth-order valence-corrected chi connectivity index (χ4v) is 9.69. The maximum Gasteiger partial charge on any atom is 0.408 e. The van der Waals surface area contributed by atoms with Gasteiger partial charge < -0.3 is 29.9 Å². The van der Waals surface area contributed by atoms with E-state index in [1.165, 1.54) is 4.90 Å². The number of carbonyl (C=O) groups excluding carboxylic acids is 5. The number of sulfonamides is 1. The Morgan fingerprint density at radius 2 is 1.72 bits per heavy atom. The lowest BCUT2D eigenvalue weighted by atomic mass is 9.93. The molecule has 2 aromatic rings. The van der Waals surface area contributed by atoms with Crippen molar-refractivity contribution in [1.82, 2.24) is 30.1 Å². The second-order valence-corrected chi connectivity index (χ2v) is 18.9. The molecule has 3 N–H and O–H groups in total. The minimum absolute atomic E-state index is 0.121. The SMILES string of the molecule is COc1ccc(-c2cccc(C(=O)N3C[C@H]4CN5C(=O)[C@H](NC(=O)OC(C)(C)C)CCCCC/C=C\[C@H]6C[C@@]6(C(=O)NS(=O)(=O)C6CC6)NC(=O)[C@@H]5[C@H]4C3)n2)cc1. The number of hydrogen-bond donors (Lipinski definition) is 3. The van der Waals surface area contributed by atoms with Crippen molar-refractivity contribution in [3.8, 4) is 17.0 Å². The Morgan fingerprint density at radius 3 is 2.42 bits per heavy atom. The molecule has 3 aliphatic heterocycles. The second-order valence-electron chi connectivity index (χ2n) is 16.9. The summed E-state index contributed by atoms with van der Waals surface area (Å²) >= 11 is 0. The molecule has 7 rings (SSSR count). The predicted octanol–water partition coefficient (Wildman–Crippen LogP) is 3.55. The number of pyridine rings is 1. The molecule has 15 nitrogen and oxygen atoms in total. The van der Waals surface area contributed by atoms with Gasteiger partial charge >= 0.3 is 6.09 Å². The van der Waals surface area contributed by atoms with Gasteiger partial charge in [0.25, 0.3) is 11.8 Å². The average Bonchev–Trinajstić information content (AvgIpc) is 4.07. The lowest BCUT2D eigenvalue weighted by Crippen LogP contribution is -2.60. The molecule has 2 saturated heterocycles. The van der Waals surface area contributed by atoms with Crippen LogP contribution in [0.15, 0.2) is 54.6 Å². The summed E-state index contributed by atoms with van der Waals surface area (Å²) in [5.74, 6) is -2.80. The number of nitrogens with zero attached hydrogens (tertiary/aromatic N) is 3. The third-order valence-electron chi connectivity index (χ3n) is 11.5. The van der Waals surface area contributed by atoms with Crippen LogP contribution in [0.2, 0.25) is 0 Å². The van der Waals surface area contributed by atoms with E-state index in [1.807, 2.05) is 42.5 Å². The summed E-state index contributed by atoms with van der Waals surface area (Å²) in [6, 6.07) is 10.4. The van der Waals surface area contributed by atoms with Gasteiger partial charge in [0, 0.05) is 43.0 Å². The minimum atomic E-state index is -3.92. The van der Waals surface area contributed by atoms with Gasteiger partial charge in [-0.3, -0.25) is 23.9 Å². The van der Waals surface area contributed by atoms with Gasteiger partial charge in [0.05, 0.1) is 18.1 Å². The average molecular weight is 805 g/mol. The van der Waals surface area contributed by atoms with Crippen LogP contribution in [0.4, 0.5) is 4.79 Å². The van der Waals surface area contributed by atoms with Crippen molar-refractivity contribution in [1.29, 1.82) is 0 Å². The van der Waals surface area contributed by atoms with E-state index >= 15 is 0 Å². The third-order valence-corrected chi connectivity index (χ3v) is 13.4. The molecule has 6 atom stereocenters. The standard InChI is InChI=1S/C41H52N6O9S/c1-40(2,3)56-39(52)43-33-12-9-7-5-6-8-11-27-21-41(27,38(51)45-57(53,54)29-19-20-29)44-35(48)34-30-24-46(22-26(30)23-47(34)37(33)50)36(49)32-14-10-13-31(42-32)25-15-17-28(55-4)18-16-25/h8,10-11,13-18,26-27,29-30,33-34H,5-7,9,12,19-24H2,1-4H3,(H,43,52)(H,44,48)(H,45,51)/b11-8-/t26-,27-,30-,33+,34-,41+/m0/s1. The molecular formula is C41H52N6O9S. The van der Waals surface area contributed by atoms with Crippen molar-refractivity contribution in [3.05, 3.63) is 60.3 Å². The molecule has 2 aliphatic carbocycles. The summed E-state index contributed by atoms with van der Waals surface area (Å²) in [4.78, 5) is 78.0. The lowest BCUT2D eigenvalue weighted by molar-refractivity contribution is -0.142. The zero-order valence-corrected chi connectivity index (χ0v) is 33.7. The van der Waals surface area contributed by atoms with Crippen LogP contribution < -0.4 is 20.1 Å². The van der Waals surface area contributed by atoms with E-state index in [9.17, 15) is 32.4 Å². The first-order valence-corrected chi connectivity index (χ1v) is 21.4. The van der Waals surface area contributed by atoms with Gasteiger partial charge in [0.15, 0.2) is 0 Å². The van der Waals surface area contributed by atoms with Gasteiger partial charge in [-0.25, -0.2) is 18.2 Å². The monoisotopic (exact) mass is 804 g/mol. The summed E-state index contributed by atoms with van der Waals surface area (Å²) in [5, 5.41) is 5.04. The molecule has 1 aromatic heterocycles. The number of likely N-dealkylation sites (tertiary alicyclic amines) is 1. The highest BCUT2D eigenvalue weighted by Gasteiger charge is 2.63. The first-order chi connectivity index (χ1) is 27.1. The maximum absolute atomic E-state index is 14.7. The van der Waals surface area contributed by atoms with Crippen LogP contribution in [0.5, 0.6) is 5.75 Å². The topological polar surface area (TPSA) is 193 Å². The predicted molar refractivity (Wildman–Crippen MR) is 209 cm³/mol. The molecule has 306 valence electrons. The maximum atomic E-state index is 14.7. The Hall–Kier alpha value is -4.99. The summed E-state index contributed by atoms with van der Waals surface area (Å²) in [6.45, 7) is 5.67. The Morgan fingerprint density at radius 1 is 0.965 bits per heavy atom. The van der Waals surface area contributed by atoms with Crippen molar-refractivity contribution >= 4 is 39.7 Å². The van der Waals surface area contributed by atoms with Gasteiger partial charge in [0.2, 0.25) is 21.8 Å². The Labute approximate surface area is 333 Å². The number of nitrogens with one attached hydrogen (secondary N) is 3. The summed E-state index contributed by atoms with van der Waals surface area (Å²) in [7, 11) is -2.33. The first-order valence-electron chi connectivity index (χ1n) is 19.8. The molecule has 4 heterocycles. The Balaban J connectivity index is 1.17. The number of methoxy groups -OCH3 is 1. The van der Waals surface area contributed by atoms with E-state index in [1.54, 1.807) is 44.9 Å². The van der Waals surface area contributed by atoms with E-state index in [4.69, 9.17) is 9.47 Å². The van der Waals surface area contributed by atoms with Crippen LogP contribution in [0.25, 0.3) is 11.3 Å². The van der Waals surface area contributed by atoms with Crippen molar-refractivity contribution in [2.45, 2.75) is 101 Å². The number of hydrogen-bond acceptors (Lipinski definition) is 10. The molecular weight excluding hydrogens is 753 g/mol. The molecule has 5 aliphatic rings. The largest absolute Gasteiger partial charge is 0.497 e. The van der Waals surface area contributed by atoms with Crippen molar-refractivity contribution in [3.63, 3.8) is 0 Å². The number of amides is 5. The molecule has 0 radical (unpaired) electrons. The Bertz CT molecular complexity index is 2050. The molecule has 2 saturated carbocycles. The van der Waals surface area contributed by atoms with E-state index in [-0.39, 0.29) is 43.6 Å². The number of ether oxygens (including phenoxy) is 2. The number of benzene rings is 1. The summed E-state index contributed by atoms with van der Waals surface area (Å²) in [6.07, 6.45) is 7.33. The van der Waals surface area contributed by atoms with Gasteiger partial charge in [-0.1, -0.05) is 31.1 Å². The summed E-state index contributed by atoms with van der Waals surface area (Å²) in [5.41, 5.74) is -0.713. The highest BCUT2D eigenvalue weighted by atomic mass is 32.2. The van der Waals surface area contributed by atoms with Crippen LogP contribution in [0.3, 0.4) is 0 Å². The normalized spacial score (nSPS) is 28.4. The highest BCUT2D eigenvalue weighted by molar-refractivity contribution is 7.91. The number of alkyl carbamates (subject to hydrolysis) is 1. The van der Waals surface area contributed by atoms with Crippen LogP contribution in [-0.4, -0.2) is 108 Å². The van der Waals surface area contributed by atoms with Gasteiger partial charge in [-0.05, 0) is 95.7 Å². The van der Waals surface area contributed by atoms with Crippen LogP contribution in [0, 0.1) is 17.8 Å². The van der Waals surface area contributed by atoms with E-state index in [0.29, 0.717) is 43.5 Å². The van der Waals surface area contributed by atoms with Gasteiger partial charge in [-0.15, -0.1) is 0 Å². The molecule has 0 unspecified atom stereocenters. The zero-order chi connectivity index (χ0) is 40.7. The van der Waals surface area contributed by atoms with Crippen LogP contribution in [0.1, 0.15) is 82.6 Å². The second kappa shape index (κ2) is 15.7. The number of carbonyl (C=O) groups is 5. The molecule has 16 heteroatoms. The van der Waals surface area contributed by atoms with E-state index in [2.05, 4.69) is 20.3 Å². The number of allylic oxidation sites excluding steroid dienone is 1. The smallest absolute Gasteiger partial charge is 0.408 e. The van der Waals surface area contributed by atoms with Crippen LogP contribution >= 0.6 is 0 Å². The van der Waals surface area contributed by atoms with E-state index < -0.39 is 74.1 Å². The molecule has 5 amide bonds. The zero-order valence-electron chi connectivity index (χ0n) is 32.9. The van der Waals surface area contributed by atoms with Gasteiger partial charge in [-0.2, -0.15) is 0 Å². The molecule has 4 fully saturated rings. The molecule has 0 bridgehead atoms. The lowest BCUT2D eigenvalue weighted by Gasteiger charge is -2.33. The minimum Gasteiger partial charge on any atom is -0.497 e. The Kier molecular flexibility index (Phi) is 11.1. The quantitative estimate of drug-likeness (QED) is 0.349. The first kappa shape index (κ1) is 40.2. The van der Waals surface area contributed by atoms with Crippen molar-refractivity contribution in [2.75, 3.05) is 26.7 Å². The highest BCUT2D eigenvalue weighted by Crippen LogP contribution is 2.47. The fraction of sp³-hybridized carbons (Fsp3) is 0.561. The fourth-order valence-electron chi connectivity index (χ4n) is 8.32. The number of rotatable bonds is 7. The summed E-state index contributed by atoms with van der Waals surface area (Å²) < 4.78 is 38.8. The molecule has 1 aromatic carbocycles. The molecule has 0 spiro atoms. The van der Waals surface area contributed by atoms with E-state index in [0.717, 1.165) is 18.4 Å². The number of aromatic nitrogens is 1. The molecule has 57 heavy (non-hydrogen) atoms. The van der Waals surface area contributed by atoms with Gasteiger partial charge in [0.1, 0.15) is 34.7 Å². The van der Waals surface area contributed by atoms with Crippen LogP contribution in [-0.2, 0) is 29.1 Å². The third kappa shape index (κ3) is 8.80.